The average molecular weight is 288 g/mol. The van der Waals surface area contributed by atoms with E-state index in [0.717, 1.165) is 29.3 Å². The Bertz CT molecular complexity index is 486. The van der Waals surface area contributed by atoms with E-state index < -0.39 is 0 Å². The van der Waals surface area contributed by atoms with Crippen molar-refractivity contribution in [2.75, 3.05) is 0 Å². The van der Waals surface area contributed by atoms with E-state index in [1.165, 1.54) is 38.5 Å². The predicted octanol–water partition coefficient (Wildman–Crippen LogP) is 4.24. The van der Waals surface area contributed by atoms with Gasteiger partial charge in [-0.15, -0.1) is 0 Å². The van der Waals surface area contributed by atoms with Crippen LogP contribution in [0.25, 0.3) is 0 Å². The van der Waals surface area contributed by atoms with Gasteiger partial charge in [-0.1, -0.05) is 0 Å². The standard InChI is InChI=1S/C18H28N2O/c1-11(17-10-21-13(3)20-17)19-12(2)18-7-14-4-15(8-18)6-16(5-14)9-18/h10-12,14-16,19H,4-9H2,1-3H3/t11-,12+,14?,15?,16?,18?/m1/s1. The van der Waals surface area contributed by atoms with Crippen LogP contribution in [0.4, 0.5) is 0 Å². The molecule has 0 aliphatic heterocycles. The highest BCUT2D eigenvalue weighted by molar-refractivity contribution is 5.08. The van der Waals surface area contributed by atoms with E-state index in [-0.39, 0.29) is 6.04 Å². The first kappa shape index (κ1) is 13.8. The van der Waals surface area contributed by atoms with Gasteiger partial charge >= 0.3 is 0 Å². The molecule has 0 unspecified atom stereocenters. The van der Waals surface area contributed by atoms with E-state index >= 15 is 0 Å². The fourth-order valence-corrected chi connectivity index (χ4v) is 5.92. The zero-order valence-corrected chi connectivity index (χ0v) is 13.6. The van der Waals surface area contributed by atoms with Crippen molar-refractivity contribution in [1.82, 2.24) is 10.3 Å². The fourth-order valence-electron chi connectivity index (χ4n) is 5.92. The fraction of sp³-hybridized carbons (Fsp3) is 0.833. The molecule has 0 spiro atoms. The van der Waals surface area contributed by atoms with Crippen molar-refractivity contribution in [3.8, 4) is 0 Å². The maximum absolute atomic E-state index is 5.37. The Kier molecular flexibility index (Phi) is 3.18. The van der Waals surface area contributed by atoms with Gasteiger partial charge in [0.05, 0.1) is 11.7 Å². The Morgan fingerprint density at radius 1 is 1.14 bits per heavy atom. The van der Waals surface area contributed by atoms with Crippen LogP contribution in [-0.2, 0) is 0 Å². The van der Waals surface area contributed by atoms with Gasteiger partial charge in [0.2, 0.25) is 0 Å². The third-order valence-corrected chi connectivity index (χ3v) is 6.58. The Balaban J connectivity index is 1.48. The van der Waals surface area contributed by atoms with Gasteiger partial charge in [0.25, 0.3) is 0 Å². The second-order valence-electron chi connectivity index (χ2n) is 8.18. The SMILES string of the molecule is Cc1nc([C@@H](C)N[C@@H](C)C23CC4CC(CC(C4)C2)C3)co1. The molecule has 1 aromatic rings. The molecule has 0 aromatic carbocycles. The maximum atomic E-state index is 5.37. The number of nitrogens with one attached hydrogen (secondary N) is 1. The predicted molar refractivity (Wildman–Crippen MR) is 82.9 cm³/mol. The van der Waals surface area contributed by atoms with Crippen molar-refractivity contribution in [3.05, 3.63) is 17.8 Å². The Labute approximate surface area is 127 Å². The van der Waals surface area contributed by atoms with Gasteiger partial charge in [0, 0.05) is 13.0 Å². The molecule has 1 heterocycles. The smallest absolute Gasteiger partial charge is 0.191 e. The number of oxazole rings is 1. The quantitative estimate of drug-likeness (QED) is 0.900. The molecule has 1 aromatic heterocycles. The molecular weight excluding hydrogens is 260 g/mol. The van der Waals surface area contributed by atoms with Crippen LogP contribution >= 0.6 is 0 Å². The number of nitrogens with zero attached hydrogens (tertiary/aromatic N) is 1. The lowest BCUT2D eigenvalue weighted by molar-refractivity contribution is -0.0720. The summed E-state index contributed by atoms with van der Waals surface area (Å²) in [6.45, 7) is 6.55. The highest BCUT2D eigenvalue weighted by Gasteiger charge is 2.53. The van der Waals surface area contributed by atoms with E-state index in [0.29, 0.717) is 11.5 Å². The van der Waals surface area contributed by atoms with Crippen molar-refractivity contribution in [2.45, 2.75) is 71.4 Å². The van der Waals surface area contributed by atoms with E-state index in [1.807, 2.05) is 6.92 Å². The molecule has 4 aliphatic carbocycles. The van der Waals surface area contributed by atoms with Gasteiger partial charge in [0.1, 0.15) is 6.26 Å². The van der Waals surface area contributed by atoms with E-state index in [4.69, 9.17) is 4.42 Å². The summed E-state index contributed by atoms with van der Waals surface area (Å²) in [7, 11) is 0. The van der Waals surface area contributed by atoms with Crippen LogP contribution in [0.3, 0.4) is 0 Å². The number of hydrogen-bond donors (Lipinski definition) is 1. The molecule has 1 N–H and O–H groups in total. The van der Waals surface area contributed by atoms with Crippen LogP contribution in [0.5, 0.6) is 0 Å². The monoisotopic (exact) mass is 288 g/mol. The minimum atomic E-state index is 0.283. The van der Waals surface area contributed by atoms with Crippen molar-refractivity contribution in [2.24, 2.45) is 23.2 Å². The first-order chi connectivity index (χ1) is 10.0. The number of aryl methyl sites for hydroxylation is 1. The van der Waals surface area contributed by atoms with Crippen molar-refractivity contribution in [1.29, 1.82) is 0 Å². The minimum Gasteiger partial charge on any atom is -0.449 e. The Hall–Kier alpha value is -0.830. The molecule has 0 radical (unpaired) electrons. The largest absolute Gasteiger partial charge is 0.449 e. The summed E-state index contributed by atoms with van der Waals surface area (Å²) in [5, 5.41) is 3.84. The highest BCUT2D eigenvalue weighted by atomic mass is 16.3. The average Bonchev–Trinajstić information content (AvgIpc) is 2.84. The van der Waals surface area contributed by atoms with Gasteiger partial charge < -0.3 is 9.73 Å². The molecule has 0 amide bonds. The van der Waals surface area contributed by atoms with Crippen LogP contribution in [0.1, 0.15) is 70.0 Å². The van der Waals surface area contributed by atoms with Gasteiger partial charge in [-0.05, 0) is 75.5 Å². The molecular formula is C18H28N2O. The molecule has 4 saturated carbocycles. The van der Waals surface area contributed by atoms with Gasteiger partial charge in [-0.3, -0.25) is 0 Å². The molecule has 3 nitrogen and oxygen atoms in total. The summed E-state index contributed by atoms with van der Waals surface area (Å²) < 4.78 is 5.37. The molecule has 2 atom stereocenters. The molecule has 4 bridgehead atoms. The van der Waals surface area contributed by atoms with Crippen LogP contribution in [0.15, 0.2) is 10.7 Å². The zero-order chi connectivity index (χ0) is 14.6. The van der Waals surface area contributed by atoms with Gasteiger partial charge in [-0.25, -0.2) is 4.98 Å². The second-order valence-corrected chi connectivity index (χ2v) is 8.18. The molecule has 3 heteroatoms. The molecule has 4 aliphatic rings. The summed E-state index contributed by atoms with van der Waals surface area (Å²) >= 11 is 0. The van der Waals surface area contributed by atoms with Crippen molar-refractivity contribution in [3.63, 3.8) is 0 Å². The van der Waals surface area contributed by atoms with E-state index in [2.05, 4.69) is 24.1 Å². The lowest BCUT2D eigenvalue weighted by atomic mass is 9.48. The van der Waals surface area contributed by atoms with E-state index in [9.17, 15) is 0 Å². The van der Waals surface area contributed by atoms with Gasteiger partial charge in [-0.2, -0.15) is 0 Å². The third-order valence-electron chi connectivity index (χ3n) is 6.58. The molecule has 0 saturated heterocycles. The minimum absolute atomic E-state index is 0.283. The Morgan fingerprint density at radius 2 is 1.71 bits per heavy atom. The van der Waals surface area contributed by atoms with Crippen LogP contribution < -0.4 is 5.32 Å². The third kappa shape index (κ3) is 2.34. The second kappa shape index (κ2) is 4.84. The molecule has 116 valence electrons. The van der Waals surface area contributed by atoms with Crippen LogP contribution in [0.2, 0.25) is 0 Å². The first-order valence-electron chi connectivity index (χ1n) is 8.72. The van der Waals surface area contributed by atoms with E-state index in [1.54, 1.807) is 6.26 Å². The lowest BCUT2D eigenvalue weighted by Gasteiger charge is -2.59. The van der Waals surface area contributed by atoms with Crippen LogP contribution in [0, 0.1) is 30.1 Å². The topological polar surface area (TPSA) is 38.1 Å². The Morgan fingerprint density at radius 3 is 2.19 bits per heavy atom. The molecule has 4 fully saturated rings. The zero-order valence-electron chi connectivity index (χ0n) is 13.6. The lowest BCUT2D eigenvalue weighted by Crippen LogP contribution is -2.55. The summed E-state index contributed by atoms with van der Waals surface area (Å²) in [4.78, 5) is 4.48. The molecule has 21 heavy (non-hydrogen) atoms. The number of rotatable bonds is 4. The van der Waals surface area contributed by atoms with Crippen LogP contribution in [-0.4, -0.2) is 11.0 Å². The molecule has 5 rings (SSSR count). The number of aromatic nitrogens is 1. The normalized spacial score (nSPS) is 40.4. The maximum Gasteiger partial charge on any atom is 0.191 e. The van der Waals surface area contributed by atoms with Crippen molar-refractivity contribution < 1.29 is 4.42 Å². The van der Waals surface area contributed by atoms with Gasteiger partial charge in [0.15, 0.2) is 5.89 Å². The summed E-state index contributed by atoms with van der Waals surface area (Å²) in [6.07, 6.45) is 10.7. The summed E-state index contributed by atoms with van der Waals surface area (Å²) in [6, 6.07) is 0.864. The first-order valence-corrected chi connectivity index (χ1v) is 8.72. The summed E-state index contributed by atoms with van der Waals surface area (Å²) in [5.41, 5.74) is 1.60. The summed E-state index contributed by atoms with van der Waals surface area (Å²) in [5.74, 6) is 3.82. The number of hydrogen-bond acceptors (Lipinski definition) is 3. The highest BCUT2D eigenvalue weighted by Crippen LogP contribution is 2.61. The van der Waals surface area contributed by atoms with Crippen molar-refractivity contribution >= 4 is 0 Å².